The van der Waals surface area contributed by atoms with Crippen molar-refractivity contribution in [3.8, 4) is 0 Å². The molecular weight excluding hydrogens is 334 g/mol. The Morgan fingerprint density at radius 3 is 2.62 bits per heavy atom. The molecule has 0 aliphatic carbocycles. The van der Waals surface area contributed by atoms with Crippen LogP contribution in [0.1, 0.15) is 58.8 Å². The predicted octanol–water partition coefficient (Wildman–Crippen LogP) is 2.01. The maximum absolute atomic E-state index is 12.8. The first-order valence-electron chi connectivity index (χ1n) is 9.53. The van der Waals surface area contributed by atoms with E-state index in [0.717, 1.165) is 32.1 Å². The molecule has 7 heteroatoms. The van der Waals surface area contributed by atoms with Gasteiger partial charge >= 0.3 is 0 Å². The Morgan fingerprint density at radius 2 is 2.00 bits per heavy atom. The van der Waals surface area contributed by atoms with Gasteiger partial charge in [-0.15, -0.1) is 0 Å². The van der Waals surface area contributed by atoms with Crippen molar-refractivity contribution in [2.75, 3.05) is 13.6 Å². The van der Waals surface area contributed by atoms with Crippen molar-refractivity contribution >= 4 is 17.7 Å². The average molecular weight is 367 g/mol. The van der Waals surface area contributed by atoms with Gasteiger partial charge in [0.25, 0.3) is 0 Å². The van der Waals surface area contributed by atoms with Crippen molar-refractivity contribution in [2.24, 2.45) is 11.8 Å². The zero-order valence-corrected chi connectivity index (χ0v) is 16.2. The fourth-order valence-corrected chi connectivity index (χ4v) is 3.06. The van der Waals surface area contributed by atoms with E-state index < -0.39 is 17.9 Å². The number of hydrogen-bond acceptors (Lipinski definition) is 4. The predicted molar refractivity (Wildman–Crippen MR) is 99.3 cm³/mol. The van der Waals surface area contributed by atoms with Gasteiger partial charge in [0.15, 0.2) is 0 Å². The van der Waals surface area contributed by atoms with Crippen LogP contribution in [0.3, 0.4) is 0 Å². The van der Waals surface area contributed by atoms with Crippen molar-refractivity contribution in [1.29, 1.82) is 0 Å². The number of likely N-dealkylation sites (N-methyl/N-ethyl adjacent to an activating group) is 1. The summed E-state index contributed by atoms with van der Waals surface area (Å²) in [5.74, 6) is -1.57. The van der Waals surface area contributed by atoms with Crippen molar-refractivity contribution in [3.05, 3.63) is 12.2 Å². The van der Waals surface area contributed by atoms with Gasteiger partial charge in [0.05, 0.1) is 0 Å². The van der Waals surface area contributed by atoms with Crippen LogP contribution in [0.4, 0.5) is 0 Å². The SMILES string of the molecule is CC[C@@H](C)[C@@H]1NC(=O)[C@@H](CC(=O)NO)CCCC=CCCCN(C)C1=O. The summed E-state index contributed by atoms with van der Waals surface area (Å²) >= 11 is 0. The van der Waals surface area contributed by atoms with E-state index in [2.05, 4.69) is 17.5 Å². The van der Waals surface area contributed by atoms with Gasteiger partial charge in [-0.1, -0.05) is 32.4 Å². The van der Waals surface area contributed by atoms with Gasteiger partial charge in [-0.2, -0.15) is 0 Å². The Kier molecular flexibility index (Phi) is 9.95. The summed E-state index contributed by atoms with van der Waals surface area (Å²) in [4.78, 5) is 38.8. The summed E-state index contributed by atoms with van der Waals surface area (Å²) < 4.78 is 0. The lowest BCUT2D eigenvalue weighted by Crippen LogP contribution is -2.52. The van der Waals surface area contributed by atoms with Crippen molar-refractivity contribution in [3.63, 3.8) is 0 Å². The van der Waals surface area contributed by atoms with Crippen LogP contribution in [0.25, 0.3) is 0 Å². The van der Waals surface area contributed by atoms with Crippen LogP contribution < -0.4 is 10.8 Å². The Morgan fingerprint density at radius 1 is 1.35 bits per heavy atom. The van der Waals surface area contributed by atoms with E-state index in [1.54, 1.807) is 17.4 Å². The largest absolute Gasteiger partial charge is 0.344 e. The molecule has 0 spiro atoms. The smallest absolute Gasteiger partial charge is 0.245 e. The van der Waals surface area contributed by atoms with Crippen molar-refractivity contribution in [1.82, 2.24) is 15.7 Å². The molecule has 26 heavy (non-hydrogen) atoms. The average Bonchev–Trinajstić information content (AvgIpc) is 2.64. The number of hydrogen-bond donors (Lipinski definition) is 3. The van der Waals surface area contributed by atoms with Gasteiger partial charge in [0.1, 0.15) is 6.04 Å². The number of allylic oxidation sites excluding steroid dienone is 2. The summed E-state index contributed by atoms with van der Waals surface area (Å²) in [5.41, 5.74) is 1.59. The topological polar surface area (TPSA) is 98.7 Å². The van der Waals surface area contributed by atoms with Gasteiger partial charge in [-0.25, -0.2) is 5.48 Å². The summed E-state index contributed by atoms with van der Waals surface area (Å²) in [6.07, 6.45) is 8.79. The summed E-state index contributed by atoms with van der Waals surface area (Å²) in [5, 5.41) is 11.7. The first-order valence-corrected chi connectivity index (χ1v) is 9.53. The second kappa shape index (κ2) is 11.7. The zero-order valence-electron chi connectivity index (χ0n) is 16.2. The third kappa shape index (κ3) is 7.15. The fourth-order valence-electron chi connectivity index (χ4n) is 3.06. The lowest BCUT2D eigenvalue weighted by atomic mass is 9.93. The van der Waals surface area contributed by atoms with E-state index in [-0.39, 0.29) is 24.2 Å². The Hall–Kier alpha value is -1.89. The summed E-state index contributed by atoms with van der Waals surface area (Å²) in [7, 11) is 1.76. The molecule has 0 saturated heterocycles. The molecule has 0 aromatic heterocycles. The highest BCUT2D eigenvalue weighted by atomic mass is 16.5. The maximum Gasteiger partial charge on any atom is 0.245 e. The first kappa shape index (κ1) is 22.2. The normalized spacial score (nSPS) is 24.5. The second-order valence-corrected chi connectivity index (χ2v) is 7.11. The van der Waals surface area contributed by atoms with Crippen LogP contribution in [-0.2, 0) is 14.4 Å². The first-order chi connectivity index (χ1) is 12.4. The Bertz CT molecular complexity index is 507. The Balaban J connectivity index is 3.00. The van der Waals surface area contributed by atoms with E-state index in [9.17, 15) is 14.4 Å². The van der Waals surface area contributed by atoms with Gasteiger partial charge in [-0.3, -0.25) is 19.6 Å². The van der Waals surface area contributed by atoms with Crippen LogP contribution in [0.2, 0.25) is 0 Å². The van der Waals surface area contributed by atoms with Crippen LogP contribution >= 0.6 is 0 Å². The molecule has 3 amide bonds. The van der Waals surface area contributed by atoms with Crippen LogP contribution in [0.5, 0.6) is 0 Å². The number of carbonyl (C=O) groups is 3. The monoisotopic (exact) mass is 367 g/mol. The van der Waals surface area contributed by atoms with Gasteiger partial charge in [0.2, 0.25) is 17.7 Å². The van der Waals surface area contributed by atoms with E-state index in [0.29, 0.717) is 13.0 Å². The highest BCUT2D eigenvalue weighted by Crippen LogP contribution is 2.17. The summed E-state index contributed by atoms with van der Waals surface area (Å²) in [6, 6.07) is -0.601. The number of nitrogens with one attached hydrogen (secondary N) is 2. The minimum Gasteiger partial charge on any atom is -0.344 e. The molecule has 7 nitrogen and oxygen atoms in total. The molecule has 1 rings (SSSR count). The third-order valence-electron chi connectivity index (χ3n) is 5.03. The zero-order chi connectivity index (χ0) is 19.5. The van der Waals surface area contributed by atoms with E-state index in [4.69, 9.17) is 5.21 Å². The molecule has 0 unspecified atom stereocenters. The van der Waals surface area contributed by atoms with E-state index in [1.807, 2.05) is 13.8 Å². The molecule has 3 N–H and O–H groups in total. The lowest BCUT2D eigenvalue weighted by Gasteiger charge is -2.29. The number of hydroxylamine groups is 1. The molecule has 0 saturated carbocycles. The van der Waals surface area contributed by atoms with Gasteiger partial charge in [0, 0.05) is 25.9 Å². The van der Waals surface area contributed by atoms with Crippen LogP contribution in [0.15, 0.2) is 12.2 Å². The van der Waals surface area contributed by atoms with Crippen molar-refractivity contribution < 1.29 is 19.6 Å². The van der Waals surface area contributed by atoms with E-state index >= 15 is 0 Å². The quantitative estimate of drug-likeness (QED) is 0.402. The maximum atomic E-state index is 12.8. The van der Waals surface area contributed by atoms with E-state index in [1.165, 1.54) is 0 Å². The molecule has 148 valence electrons. The minimum atomic E-state index is -0.601. The number of carbonyl (C=O) groups excluding carboxylic acids is 3. The highest BCUT2D eigenvalue weighted by molar-refractivity contribution is 5.90. The minimum absolute atomic E-state index is 0.00554. The molecule has 0 radical (unpaired) electrons. The standard InChI is InChI=1S/C19H33N3O4/c1-4-14(2)17-19(25)22(3)12-10-8-6-5-7-9-11-15(18(24)20-17)13-16(23)21-26/h5-6,14-15,17,26H,4,7-13H2,1-3H3,(H,20,24)(H,21,23)/t14-,15-,17+/m1/s1. The van der Waals surface area contributed by atoms with Gasteiger partial charge in [-0.05, 0) is 38.0 Å². The molecule has 1 heterocycles. The van der Waals surface area contributed by atoms with Crippen LogP contribution in [0, 0.1) is 11.8 Å². The molecule has 0 aromatic rings. The van der Waals surface area contributed by atoms with Gasteiger partial charge < -0.3 is 10.2 Å². The number of rotatable bonds is 4. The second-order valence-electron chi connectivity index (χ2n) is 7.11. The highest BCUT2D eigenvalue weighted by Gasteiger charge is 2.31. The summed E-state index contributed by atoms with van der Waals surface area (Å²) in [6.45, 7) is 4.57. The van der Waals surface area contributed by atoms with Crippen LogP contribution in [-0.4, -0.2) is 47.5 Å². The molecule has 1 aliphatic heterocycles. The third-order valence-corrected chi connectivity index (χ3v) is 5.03. The molecular formula is C19H33N3O4. The molecule has 0 aromatic carbocycles. The lowest BCUT2D eigenvalue weighted by molar-refractivity contribution is -0.139. The molecule has 0 fully saturated rings. The molecule has 0 bridgehead atoms. The Labute approximate surface area is 156 Å². The molecule has 3 atom stereocenters. The number of nitrogens with zero attached hydrogens (tertiary/aromatic N) is 1. The van der Waals surface area contributed by atoms with Crippen molar-refractivity contribution in [2.45, 2.75) is 64.8 Å². The number of amides is 3. The molecule has 1 aliphatic rings. The fraction of sp³-hybridized carbons (Fsp3) is 0.737.